The average molecular weight is 362 g/mol. The van der Waals surface area contributed by atoms with Crippen LogP contribution in [0.1, 0.15) is 37.7 Å². The summed E-state index contributed by atoms with van der Waals surface area (Å²) in [5.41, 5.74) is 7.30. The number of aromatic nitrogens is 1. The van der Waals surface area contributed by atoms with Crippen molar-refractivity contribution < 1.29 is 9.53 Å². The van der Waals surface area contributed by atoms with E-state index >= 15 is 0 Å². The highest BCUT2D eigenvalue weighted by Gasteiger charge is 2.16. The number of carbonyl (C=O) groups excluding carboxylic acids is 1. The van der Waals surface area contributed by atoms with Crippen LogP contribution in [-0.2, 0) is 11.2 Å². The van der Waals surface area contributed by atoms with Crippen LogP contribution in [0.2, 0.25) is 0 Å². The van der Waals surface area contributed by atoms with Crippen LogP contribution in [0, 0.1) is 0 Å². The molecular weight excluding hydrogens is 338 g/mol. The second kappa shape index (κ2) is 9.28. The van der Waals surface area contributed by atoms with Gasteiger partial charge in [-0.2, -0.15) is 0 Å². The lowest BCUT2D eigenvalue weighted by atomic mass is 10.1. The van der Waals surface area contributed by atoms with E-state index in [0.29, 0.717) is 30.5 Å². The molecule has 1 aromatic carbocycles. The first kappa shape index (κ1) is 19.1. The zero-order valence-corrected chi connectivity index (χ0v) is 14.9. The van der Waals surface area contributed by atoms with Crippen molar-refractivity contribution in [3.05, 3.63) is 48.2 Å². The molecule has 1 aliphatic rings. The number of nitrogen functional groups attached to an aromatic ring is 1. The lowest BCUT2D eigenvalue weighted by molar-refractivity contribution is -0.116. The molecule has 5 nitrogen and oxygen atoms in total. The van der Waals surface area contributed by atoms with Gasteiger partial charge in [0, 0.05) is 6.42 Å². The Kier molecular flexibility index (Phi) is 7.07. The Hall–Kier alpha value is -2.27. The summed E-state index contributed by atoms with van der Waals surface area (Å²) < 4.78 is 6.01. The first-order chi connectivity index (χ1) is 11.7. The van der Waals surface area contributed by atoms with Crippen molar-refractivity contribution in [2.75, 3.05) is 11.1 Å². The molecule has 6 heteroatoms. The summed E-state index contributed by atoms with van der Waals surface area (Å²) in [6.45, 7) is 0. The highest BCUT2D eigenvalue weighted by Crippen LogP contribution is 2.24. The van der Waals surface area contributed by atoms with E-state index < -0.39 is 0 Å². The Morgan fingerprint density at radius 3 is 2.76 bits per heavy atom. The summed E-state index contributed by atoms with van der Waals surface area (Å²) in [4.78, 5) is 16.0. The molecule has 1 aliphatic carbocycles. The van der Waals surface area contributed by atoms with Crippen LogP contribution in [0.4, 0.5) is 11.5 Å². The molecule has 1 heterocycles. The van der Waals surface area contributed by atoms with Crippen LogP contribution >= 0.6 is 12.4 Å². The molecule has 0 unspecified atom stereocenters. The smallest absolute Gasteiger partial charge is 0.224 e. The molecule has 2 aromatic rings. The summed E-state index contributed by atoms with van der Waals surface area (Å²) in [7, 11) is 0. The third kappa shape index (κ3) is 5.94. The largest absolute Gasteiger partial charge is 0.490 e. The van der Waals surface area contributed by atoms with Gasteiger partial charge in [-0.25, -0.2) is 4.98 Å². The van der Waals surface area contributed by atoms with E-state index in [0.717, 1.165) is 24.2 Å². The number of nitrogens with two attached hydrogens (primary N) is 1. The van der Waals surface area contributed by atoms with Gasteiger partial charge in [-0.1, -0.05) is 12.1 Å². The monoisotopic (exact) mass is 361 g/mol. The van der Waals surface area contributed by atoms with E-state index in [4.69, 9.17) is 10.5 Å². The van der Waals surface area contributed by atoms with Crippen LogP contribution < -0.4 is 15.8 Å². The van der Waals surface area contributed by atoms with Gasteiger partial charge in [0.15, 0.2) is 0 Å². The van der Waals surface area contributed by atoms with Crippen molar-refractivity contribution in [2.45, 2.75) is 44.6 Å². The molecule has 0 atom stereocenters. The van der Waals surface area contributed by atoms with Gasteiger partial charge in [-0.05, 0) is 61.9 Å². The number of rotatable bonds is 6. The molecule has 25 heavy (non-hydrogen) atoms. The quantitative estimate of drug-likeness (QED) is 0.815. The minimum atomic E-state index is -0.0383. The van der Waals surface area contributed by atoms with Gasteiger partial charge < -0.3 is 15.8 Å². The van der Waals surface area contributed by atoms with Gasteiger partial charge in [0.1, 0.15) is 11.6 Å². The molecule has 3 rings (SSSR count). The summed E-state index contributed by atoms with van der Waals surface area (Å²) in [5, 5.41) is 2.82. The van der Waals surface area contributed by atoms with Gasteiger partial charge >= 0.3 is 0 Å². The summed E-state index contributed by atoms with van der Waals surface area (Å²) >= 11 is 0. The molecule has 1 amide bonds. The minimum absolute atomic E-state index is 0. The van der Waals surface area contributed by atoms with Crippen LogP contribution in [0.15, 0.2) is 42.6 Å². The number of hydrogen-bond acceptors (Lipinski definition) is 4. The number of carbonyl (C=O) groups is 1. The van der Waals surface area contributed by atoms with E-state index in [2.05, 4.69) is 10.3 Å². The topological polar surface area (TPSA) is 77.2 Å². The van der Waals surface area contributed by atoms with Gasteiger partial charge in [0.05, 0.1) is 18.0 Å². The molecule has 0 bridgehead atoms. The number of nitrogens with one attached hydrogen (secondary N) is 1. The molecule has 3 N–H and O–H groups in total. The Balaban J connectivity index is 0.00000225. The molecule has 0 spiro atoms. The van der Waals surface area contributed by atoms with E-state index in [1.54, 1.807) is 18.3 Å². The van der Waals surface area contributed by atoms with E-state index in [1.807, 2.05) is 24.3 Å². The number of benzene rings is 1. The van der Waals surface area contributed by atoms with Gasteiger partial charge in [-0.3, -0.25) is 4.79 Å². The molecule has 1 fully saturated rings. The zero-order valence-electron chi connectivity index (χ0n) is 14.1. The van der Waals surface area contributed by atoms with E-state index in [9.17, 15) is 4.79 Å². The molecule has 134 valence electrons. The van der Waals surface area contributed by atoms with Crippen molar-refractivity contribution in [2.24, 2.45) is 0 Å². The second-order valence-electron chi connectivity index (χ2n) is 6.19. The average Bonchev–Trinajstić information content (AvgIpc) is 3.08. The number of anilines is 2. The third-order valence-corrected chi connectivity index (χ3v) is 4.21. The number of hydrogen-bond donors (Lipinski definition) is 2. The number of nitrogens with zero attached hydrogens (tertiary/aromatic N) is 1. The van der Waals surface area contributed by atoms with Crippen molar-refractivity contribution in [1.29, 1.82) is 0 Å². The first-order valence-corrected chi connectivity index (χ1v) is 8.46. The fourth-order valence-electron chi connectivity index (χ4n) is 2.93. The highest BCUT2D eigenvalue weighted by molar-refractivity contribution is 5.90. The lowest BCUT2D eigenvalue weighted by Crippen LogP contribution is -2.13. The second-order valence-corrected chi connectivity index (χ2v) is 6.19. The molecule has 0 saturated heterocycles. The van der Waals surface area contributed by atoms with Crippen LogP contribution in [0.3, 0.4) is 0 Å². The maximum absolute atomic E-state index is 12.0. The van der Waals surface area contributed by atoms with E-state index in [1.165, 1.54) is 12.8 Å². The molecule has 1 saturated carbocycles. The number of aryl methyl sites for hydroxylation is 1. The van der Waals surface area contributed by atoms with E-state index in [-0.39, 0.29) is 18.3 Å². The van der Waals surface area contributed by atoms with Gasteiger partial charge in [-0.15, -0.1) is 12.4 Å². The van der Waals surface area contributed by atoms with Gasteiger partial charge in [0.2, 0.25) is 5.91 Å². The fraction of sp³-hybridized carbons (Fsp3) is 0.368. The Morgan fingerprint density at radius 1 is 1.24 bits per heavy atom. The Morgan fingerprint density at radius 2 is 2.04 bits per heavy atom. The van der Waals surface area contributed by atoms with Crippen LogP contribution in [0.5, 0.6) is 5.75 Å². The van der Waals surface area contributed by atoms with Crippen molar-refractivity contribution in [3.8, 4) is 5.75 Å². The standard InChI is InChI=1S/C19H23N3O2.ClH/c20-18-10-9-15(13-21-18)22-19(23)11-8-14-4-3-7-17(12-14)24-16-5-1-2-6-16;/h3-4,7,9-10,12-13,16H,1-2,5-6,8,11H2,(H2,20,21)(H,22,23);1H. The minimum Gasteiger partial charge on any atom is -0.490 e. The molecule has 0 aliphatic heterocycles. The lowest BCUT2D eigenvalue weighted by Gasteiger charge is -2.13. The number of halogens is 1. The van der Waals surface area contributed by atoms with Crippen molar-refractivity contribution >= 4 is 29.8 Å². The summed E-state index contributed by atoms with van der Waals surface area (Å²) in [6.07, 6.45) is 7.79. The number of pyridine rings is 1. The highest BCUT2D eigenvalue weighted by atomic mass is 35.5. The Bertz CT molecular complexity index is 685. The molecule has 0 radical (unpaired) electrons. The zero-order chi connectivity index (χ0) is 16.8. The van der Waals surface area contributed by atoms with Crippen molar-refractivity contribution in [1.82, 2.24) is 4.98 Å². The summed E-state index contributed by atoms with van der Waals surface area (Å²) in [6, 6.07) is 11.5. The molecule has 1 aromatic heterocycles. The first-order valence-electron chi connectivity index (χ1n) is 8.46. The molecular formula is C19H24ClN3O2. The van der Waals surface area contributed by atoms with Gasteiger partial charge in [0.25, 0.3) is 0 Å². The number of ether oxygens (including phenoxy) is 1. The fourth-order valence-corrected chi connectivity index (χ4v) is 2.93. The van der Waals surface area contributed by atoms with Crippen LogP contribution in [-0.4, -0.2) is 17.0 Å². The summed E-state index contributed by atoms with van der Waals surface area (Å²) in [5.74, 6) is 1.30. The van der Waals surface area contributed by atoms with Crippen molar-refractivity contribution in [3.63, 3.8) is 0 Å². The van der Waals surface area contributed by atoms with Crippen LogP contribution in [0.25, 0.3) is 0 Å². The predicted octanol–water partition coefficient (Wildman–Crippen LogP) is 3.98. The third-order valence-electron chi connectivity index (χ3n) is 4.21. The predicted molar refractivity (Wildman–Crippen MR) is 102 cm³/mol. The Labute approximate surface area is 154 Å². The number of amides is 1. The SMILES string of the molecule is Cl.Nc1ccc(NC(=O)CCc2cccc(OC3CCCC3)c2)cn1. The normalized spacial score (nSPS) is 13.9. The maximum atomic E-state index is 12.0. The maximum Gasteiger partial charge on any atom is 0.224 e.